The van der Waals surface area contributed by atoms with Crippen LogP contribution in [0.15, 0.2) is 77.9 Å². The lowest BCUT2D eigenvalue weighted by Gasteiger charge is -2.27. The molecule has 2 N–H and O–H groups in total. The third kappa shape index (κ3) is 6.85. The molecule has 204 valence electrons. The number of halogens is 1. The lowest BCUT2D eigenvalue weighted by atomic mass is 10.2. The number of methoxy groups -OCH3 is 1. The van der Waals surface area contributed by atoms with E-state index in [0.29, 0.717) is 49.5 Å². The zero-order chi connectivity index (χ0) is 27.7. The molecule has 4 aromatic rings. The maximum absolute atomic E-state index is 13.2. The number of nitrogens with one attached hydrogen (secondary N) is 2. The van der Waals surface area contributed by atoms with Crippen molar-refractivity contribution in [3.05, 3.63) is 89.7 Å². The van der Waals surface area contributed by atoms with E-state index in [-0.39, 0.29) is 17.3 Å². The number of hydrazone groups is 1. The van der Waals surface area contributed by atoms with Crippen molar-refractivity contribution in [2.24, 2.45) is 5.10 Å². The first kappa shape index (κ1) is 26.5. The maximum Gasteiger partial charge on any atom is 0.343 e. The van der Waals surface area contributed by atoms with Crippen molar-refractivity contribution in [1.29, 1.82) is 0 Å². The summed E-state index contributed by atoms with van der Waals surface area (Å²) < 4.78 is 29.4. The number of morpholine rings is 1. The first-order valence-corrected chi connectivity index (χ1v) is 12.4. The first-order valence-electron chi connectivity index (χ1n) is 12.4. The summed E-state index contributed by atoms with van der Waals surface area (Å²) in [6.07, 6.45) is 1.55. The number of benzene rings is 3. The quantitative estimate of drug-likeness (QED) is 0.137. The molecule has 0 aliphatic carbocycles. The smallest absolute Gasteiger partial charge is 0.343 e. The average Bonchev–Trinajstić information content (AvgIpc) is 2.99. The fourth-order valence-electron chi connectivity index (χ4n) is 3.78. The molecule has 40 heavy (non-hydrogen) atoms. The Kier molecular flexibility index (Phi) is 8.37. The van der Waals surface area contributed by atoms with Gasteiger partial charge in [-0.2, -0.15) is 20.1 Å². The lowest BCUT2D eigenvalue weighted by molar-refractivity contribution is 0.0729. The molecular weight excluding hydrogens is 517 g/mol. The van der Waals surface area contributed by atoms with Crippen LogP contribution in [0.1, 0.15) is 15.9 Å². The van der Waals surface area contributed by atoms with Crippen LogP contribution >= 0.6 is 0 Å². The van der Waals surface area contributed by atoms with Gasteiger partial charge in [-0.1, -0.05) is 18.2 Å². The number of carbonyl (C=O) groups excluding carboxylic acids is 1. The molecule has 1 aliphatic heterocycles. The Morgan fingerprint density at radius 1 is 0.975 bits per heavy atom. The van der Waals surface area contributed by atoms with Crippen LogP contribution in [0.4, 0.5) is 27.9 Å². The van der Waals surface area contributed by atoms with E-state index in [1.807, 2.05) is 35.2 Å². The van der Waals surface area contributed by atoms with Gasteiger partial charge >= 0.3 is 5.97 Å². The molecule has 1 saturated heterocycles. The highest BCUT2D eigenvalue weighted by Gasteiger charge is 2.17. The second-order valence-corrected chi connectivity index (χ2v) is 8.55. The van der Waals surface area contributed by atoms with Gasteiger partial charge in [0, 0.05) is 18.8 Å². The van der Waals surface area contributed by atoms with Gasteiger partial charge in [0.1, 0.15) is 5.82 Å². The first-order chi connectivity index (χ1) is 19.6. The highest BCUT2D eigenvalue weighted by atomic mass is 19.1. The molecule has 0 saturated carbocycles. The molecule has 0 bridgehead atoms. The Balaban J connectivity index is 1.30. The number of anilines is 4. The molecule has 0 unspecified atom stereocenters. The van der Waals surface area contributed by atoms with Gasteiger partial charge in [0.05, 0.1) is 32.1 Å². The molecule has 1 aliphatic rings. The number of carbonyl (C=O) groups is 1. The molecule has 5 rings (SSSR count). The lowest BCUT2D eigenvalue weighted by Crippen LogP contribution is -2.37. The Hall–Kier alpha value is -5.10. The zero-order valence-electron chi connectivity index (χ0n) is 21.6. The Morgan fingerprint density at radius 2 is 1.73 bits per heavy atom. The second kappa shape index (κ2) is 12.6. The van der Waals surface area contributed by atoms with Gasteiger partial charge in [-0.05, 0) is 60.2 Å². The highest BCUT2D eigenvalue weighted by molar-refractivity contribution is 5.91. The third-order valence-corrected chi connectivity index (χ3v) is 5.80. The van der Waals surface area contributed by atoms with Gasteiger partial charge in [0.25, 0.3) is 0 Å². The van der Waals surface area contributed by atoms with E-state index in [1.54, 1.807) is 24.4 Å². The van der Waals surface area contributed by atoms with E-state index in [4.69, 9.17) is 14.2 Å². The minimum Gasteiger partial charge on any atom is -0.493 e. The molecule has 11 nitrogen and oxygen atoms in total. The fourth-order valence-corrected chi connectivity index (χ4v) is 3.78. The summed E-state index contributed by atoms with van der Waals surface area (Å²) in [6.45, 7) is 2.50. The van der Waals surface area contributed by atoms with Gasteiger partial charge < -0.3 is 24.4 Å². The van der Waals surface area contributed by atoms with Crippen LogP contribution in [0.3, 0.4) is 0 Å². The van der Waals surface area contributed by atoms with E-state index in [0.717, 1.165) is 5.69 Å². The van der Waals surface area contributed by atoms with Gasteiger partial charge in [-0.3, -0.25) is 0 Å². The summed E-state index contributed by atoms with van der Waals surface area (Å²) in [5, 5.41) is 7.47. The molecule has 12 heteroatoms. The molecule has 3 aromatic carbocycles. The number of para-hydroxylation sites is 1. The largest absolute Gasteiger partial charge is 0.493 e. The predicted molar refractivity (Wildman–Crippen MR) is 148 cm³/mol. The summed E-state index contributed by atoms with van der Waals surface area (Å²) in [5.41, 5.74) is 4.58. The van der Waals surface area contributed by atoms with Crippen molar-refractivity contribution in [2.75, 3.05) is 49.1 Å². The highest BCUT2D eigenvalue weighted by Crippen LogP contribution is 2.28. The van der Waals surface area contributed by atoms with Gasteiger partial charge in [0.15, 0.2) is 11.5 Å². The Bertz CT molecular complexity index is 1480. The number of aromatic nitrogens is 3. The predicted octanol–water partition coefficient (Wildman–Crippen LogP) is 4.26. The summed E-state index contributed by atoms with van der Waals surface area (Å²) in [6, 6.07) is 19.6. The third-order valence-electron chi connectivity index (χ3n) is 5.80. The molecular formula is C28H26FN7O4. The Labute approximate surface area is 229 Å². The maximum atomic E-state index is 13.2. The molecule has 0 atom stereocenters. The molecule has 0 radical (unpaired) electrons. The van der Waals surface area contributed by atoms with Crippen LogP contribution in [-0.4, -0.2) is 60.5 Å². The van der Waals surface area contributed by atoms with Crippen molar-refractivity contribution in [1.82, 2.24) is 15.0 Å². The summed E-state index contributed by atoms with van der Waals surface area (Å²) >= 11 is 0. The minimum atomic E-state index is -0.632. The zero-order valence-corrected chi connectivity index (χ0v) is 21.6. The topological polar surface area (TPSA) is 123 Å². The summed E-state index contributed by atoms with van der Waals surface area (Å²) in [5.74, 6) is 0.590. The van der Waals surface area contributed by atoms with Crippen molar-refractivity contribution < 1.29 is 23.4 Å². The monoisotopic (exact) mass is 543 g/mol. The molecule has 0 amide bonds. The minimum absolute atomic E-state index is 0.214. The van der Waals surface area contributed by atoms with E-state index >= 15 is 0 Å². The van der Waals surface area contributed by atoms with Gasteiger partial charge in [-0.15, -0.1) is 0 Å². The van der Waals surface area contributed by atoms with Crippen LogP contribution in [0.2, 0.25) is 0 Å². The molecule has 1 aromatic heterocycles. The standard InChI is InChI=1S/C28H26FN7O4/c1-38-24-17-19(7-12-23(24)40-25(37)20-8-10-21(29)11-9-20)18-30-35-27-32-26(31-22-5-3-2-4-6-22)33-28(34-27)36-13-15-39-16-14-36/h2-12,17-18H,13-16H2,1H3,(H2,31,32,33,34,35). The fraction of sp³-hybridized carbons (Fsp3) is 0.179. The van der Waals surface area contributed by atoms with E-state index in [1.165, 1.54) is 31.4 Å². The summed E-state index contributed by atoms with van der Waals surface area (Å²) in [7, 11) is 1.46. The molecule has 1 fully saturated rings. The van der Waals surface area contributed by atoms with Crippen LogP contribution < -0.4 is 25.1 Å². The van der Waals surface area contributed by atoms with Crippen LogP contribution in [0, 0.1) is 5.82 Å². The number of hydrogen-bond donors (Lipinski definition) is 2. The van der Waals surface area contributed by atoms with Crippen LogP contribution in [0.25, 0.3) is 0 Å². The number of hydrogen-bond acceptors (Lipinski definition) is 11. The van der Waals surface area contributed by atoms with Crippen molar-refractivity contribution in [3.8, 4) is 11.5 Å². The van der Waals surface area contributed by atoms with Gasteiger partial charge in [0.2, 0.25) is 17.8 Å². The molecule has 2 heterocycles. The van der Waals surface area contributed by atoms with Crippen LogP contribution in [-0.2, 0) is 4.74 Å². The van der Waals surface area contributed by atoms with Gasteiger partial charge in [-0.25, -0.2) is 14.6 Å². The SMILES string of the molecule is COc1cc(C=NNc2nc(Nc3ccccc3)nc(N3CCOCC3)n2)ccc1OC(=O)c1ccc(F)cc1. The second-order valence-electron chi connectivity index (χ2n) is 8.55. The van der Waals surface area contributed by atoms with E-state index in [2.05, 4.69) is 30.8 Å². The normalized spacial score (nSPS) is 13.2. The van der Waals surface area contributed by atoms with Crippen molar-refractivity contribution in [3.63, 3.8) is 0 Å². The number of ether oxygens (including phenoxy) is 3. The Morgan fingerprint density at radius 3 is 2.48 bits per heavy atom. The van der Waals surface area contributed by atoms with Crippen molar-refractivity contribution >= 4 is 35.7 Å². The number of rotatable bonds is 9. The number of nitrogens with zero attached hydrogens (tertiary/aromatic N) is 5. The van der Waals surface area contributed by atoms with Crippen molar-refractivity contribution in [2.45, 2.75) is 0 Å². The van der Waals surface area contributed by atoms with E-state index < -0.39 is 11.8 Å². The molecule has 0 spiro atoms. The van der Waals surface area contributed by atoms with E-state index in [9.17, 15) is 9.18 Å². The average molecular weight is 544 g/mol. The summed E-state index contributed by atoms with van der Waals surface area (Å²) in [4.78, 5) is 28.0. The van der Waals surface area contributed by atoms with Crippen LogP contribution in [0.5, 0.6) is 11.5 Å². The number of esters is 1.